The number of nitrogens with zero attached hydrogens (tertiary/aromatic N) is 1. The van der Waals surface area contributed by atoms with E-state index in [1.165, 1.54) is 19.0 Å². The molecule has 0 rings (SSSR count). The highest BCUT2D eigenvalue weighted by atomic mass is 32.2. The van der Waals surface area contributed by atoms with Crippen LogP contribution in [-0.4, -0.2) is 48.6 Å². The molecule has 0 saturated heterocycles. The van der Waals surface area contributed by atoms with Crippen molar-refractivity contribution in [1.29, 1.82) is 0 Å². The Balaban J connectivity index is 4.23. The Morgan fingerprint density at radius 1 is 1.43 bits per heavy atom. The summed E-state index contributed by atoms with van der Waals surface area (Å²) in [4.78, 5) is 11.5. The van der Waals surface area contributed by atoms with Crippen LogP contribution in [0.25, 0.3) is 0 Å². The number of hydrogen-bond donors (Lipinski definition) is 1. The molecule has 0 aliphatic heterocycles. The summed E-state index contributed by atoms with van der Waals surface area (Å²) < 4.78 is 22.6. The minimum Gasteiger partial charge on any atom is -0.481 e. The van der Waals surface area contributed by atoms with Gasteiger partial charge in [0.05, 0.1) is 5.75 Å². The molecule has 0 saturated carbocycles. The third kappa shape index (κ3) is 4.52. The Kier molecular flexibility index (Phi) is 5.00. The summed E-state index contributed by atoms with van der Waals surface area (Å²) in [5.41, 5.74) is 0. The summed E-state index contributed by atoms with van der Waals surface area (Å²) >= 11 is 4.68. The van der Waals surface area contributed by atoms with Crippen LogP contribution in [0.5, 0.6) is 0 Å². The maximum absolute atomic E-state index is 11.4. The van der Waals surface area contributed by atoms with Crippen molar-refractivity contribution in [3.63, 3.8) is 0 Å². The molecule has 0 unspecified atom stereocenters. The topological polar surface area (TPSA) is 74.7 Å². The van der Waals surface area contributed by atoms with Crippen LogP contribution in [0.2, 0.25) is 0 Å². The number of rotatable bonds is 4. The number of hydrogen-bond acceptors (Lipinski definition) is 4. The average molecular weight is 239 g/mol. The van der Waals surface area contributed by atoms with Gasteiger partial charge in [0.2, 0.25) is 9.84 Å². The normalized spacial score (nSPS) is 11.0. The second-order valence-corrected chi connectivity index (χ2v) is 5.65. The Hall–Kier alpha value is -0.690. The summed E-state index contributed by atoms with van der Waals surface area (Å²) in [5, 5.41) is 8.32. The molecule has 0 spiro atoms. The fourth-order valence-electron chi connectivity index (χ4n) is 0.779. The summed E-state index contributed by atoms with van der Waals surface area (Å²) in [7, 11) is -0.384. The smallest absolute Gasteiger partial charge is 0.303 e. The summed E-state index contributed by atoms with van der Waals surface area (Å²) in [5.74, 6) is -1.22. The zero-order valence-electron chi connectivity index (χ0n) is 8.06. The van der Waals surface area contributed by atoms with E-state index in [4.69, 9.17) is 5.11 Å². The van der Waals surface area contributed by atoms with Gasteiger partial charge < -0.3 is 10.0 Å². The standard InChI is InChI=1S/C7H13NO4S2/c1-8(2)7(13)14(11,12)5-3-4-6(9)10/h3-5H2,1-2H3,(H,9,10). The molecular formula is C7H13NO4S2. The van der Waals surface area contributed by atoms with E-state index >= 15 is 0 Å². The van der Waals surface area contributed by atoms with Gasteiger partial charge in [-0.15, -0.1) is 0 Å². The first-order valence-electron chi connectivity index (χ1n) is 3.93. The van der Waals surface area contributed by atoms with E-state index in [2.05, 4.69) is 12.2 Å². The summed E-state index contributed by atoms with van der Waals surface area (Å²) in [6.45, 7) is 0. The first-order valence-corrected chi connectivity index (χ1v) is 5.99. The van der Waals surface area contributed by atoms with Crippen LogP contribution < -0.4 is 0 Å². The van der Waals surface area contributed by atoms with Crippen molar-refractivity contribution in [3.8, 4) is 0 Å². The Labute approximate surface area is 88.6 Å². The van der Waals surface area contributed by atoms with Gasteiger partial charge in [0.15, 0.2) is 4.32 Å². The van der Waals surface area contributed by atoms with Crippen LogP contribution in [0.3, 0.4) is 0 Å². The van der Waals surface area contributed by atoms with Gasteiger partial charge in [-0.1, -0.05) is 0 Å². The fourth-order valence-corrected chi connectivity index (χ4v) is 2.28. The predicted molar refractivity (Wildman–Crippen MR) is 56.9 cm³/mol. The van der Waals surface area contributed by atoms with Crippen molar-refractivity contribution < 1.29 is 18.3 Å². The molecule has 0 atom stereocenters. The first kappa shape index (κ1) is 13.3. The number of carbonyl (C=O) groups is 1. The van der Waals surface area contributed by atoms with Gasteiger partial charge in [-0.3, -0.25) is 4.79 Å². The average Bonchev–Trinajstić information content (AvgIpc) is 2.01. The van der Waals surface area contributed by atoms with Crippen LogP contribution in [-0.2, 0) is 14.6 Å². The number of carboxylic acid groups (broad SMARTS) is 1. The third-order valence-corrected chi connectivity index (χ3v) is 4.29. The lowest BCUT2D eigenvalue weighted by molar-refractivity contribution is -0.137. The molecule has 0 aliphatic rings. The lowest BCUT2D eigenvalue weighted by Crippen LogP contribution is -2.30. The molecule has 0 aromatic carbocycles. The van der Waals surface area contributed by atoms with Crippen LogP contribution in [0.1, 0.15) is 12.8 Å². The van der Waals surface area contributed by atoms with E-state index in [9.17, 15) is 13.2 Å². The Morgan fingerprint density at radius 2 is 1.93 bits per heavy atom. The number of carboxylic acids is 1. The molecule has 7 heteroatoms. The van der Waals surface area contributed by atoms with E-state index in [-0.39, 0.29) is 22.9 Å². The highest BCUT2D eigenvalue weighted by molar-refractivity contribution is 8.17. The van der Waals surface area contributed by atoms with Gasteiger partial charge in [-0.25, -0.2) is 8.42 Å². The SMILES string of the molecule is CN(C)C(=S)S(=O)(=O)CCCC(=O)O. The number of aliphatic carboxylic acids is 1. The molecule has 82 valence electrons. The van der Waals surface area contributed by atoms with Gasteiger partial charge in [-0.05, 0) is 18.6 Å². The zero-order valence-corrected chi connectivity index (χ0v) is 9.69. The molecule has 0 aromatic rings. The van der Waals surface area contributed by atoms with Gasteiger partial charge in [0.1, 0.15) is 0 Å². The van der Waals surface area contributed by atoms with Crippen molar-refractivity contribution in [1.82, 2.24) is 4.90 Å². The van der Waals surface area contributed by atoms with E-state index < -0.39 is 15.8 Å². The molecule has 0 aliphatic carbocycles. The molecule has 0 heterocycles. The molecule has 1 N–H and O–H groups in total. The number of thiocarbonyl (C=S) groups is 1. The molecule has 0 radical (unpaired) electrons. The second-order valence-electron chi connectivity index (χ2n) is 2.98. The molecule has 0 amide bonds. The third-order valence-electron chi connectivity index (χ3n) is 1.43. The molecule has 0 bridgehead atoms. The summed E-state index contributed by atoms with van der Waals surface area (Å²) in [6, 6.07) is 0. The quantitative estimate of drug-likeness (QED) is 0.702. The van der Waals surface area contributed by atoms with Gasteiger partial charge >= 0.3 is 5.97 Å². The molecular weight excluding hydrogens is 226 g/mol. The Bertz CT molecular complexity index is 321. The summed E-state index contributed by atoms with van der Waals surface area (Å²) in [6.07, 6.45) is -0.0685. The zero-order chi connectivity index (χ0) is 11.4. The van der Waals surface area contributed by atoms with Crippen molar-refractivity contribution >= 4 is 32.3 Å². The monoisotopic (exact) mass is 239 g/mol. The molecule has 14 heavy (non-hydrogen) atoms. The van der Waals surface area contributed by atoms with Crippen molar-refractivity contribution in [2.24, 2.45) is 0 Å². The first-order chi connectivity index (χ1) is 6.27. The highest BCUT2D eigenvalue weighted by Crippen LogP contribution is 2.02. The maximum Gasteiger partial charge on any atom is 0.303 e. The van der Waals surface area contributed by atoms with Crippen molar-refractivity contribution in [2.45, 2.75) is 12.8 Å². The van der Waals surface area contributed by atoms with Crippen LogP contribution in [0.15, 0.2) is 0 Å². The molecule has 0 fully saturated rings. The number of sulfone groups is 1. The second kappa shape index (κ2) is 5.26. The van der Waals surface area contributed by atoms with Gasteiger partial charge in [-0.2, -0.15) is 0 Å². The molecule has 0 aromatic heterocycles. The van der Waals surface area contributed by atoms with Gasteiger partial charge in [0.25, 0.3) is 0 Å². The van der Waals surface area contributed by atoms with E-state index in [0.717, 1.165) is 0 Å². The minimum atomic E-state index is -3.46. The van der Waals surface area contributed by atoms with E-state index in [1.54, 1.807) is 0 Å². The van der Waals surface area contributed by atoms with Crippen LogP contribution in [0, 0.1) is 0 Å². The van der Waals surface area contributed by atoms with Crippen molar-refractivity contribution in [3.05, 3.63) is 0 Å². The minimum absolute atomic E-state index is 0.0889. The highest BCUT2D eigenvalue weighted by Gasteiger charge is 2.19. The molecule has 5 nitrogen and oxygen atoms in total. The van der Waals surface area contributed by atoms with Crippen molar-refractivity contribution in [2.75, 3.05) is 19.8 Å². The van der Waals surface area contributed by atoms with E-state index in [1.807, 2.05) is 0 Å². The Morgan fingerprint density at radius 3 is 2.29 bits per heavy atom. The lowest BCUT2D eigenvalue weighted by Gasteiger charge is -2.13. The van der Waals surface area contributed by atoms with Gasteiger partial charge in [0, 0.05) is 20.5 Å². The lowest BCUT2D eigenvalue weighted by atomic mass is 10.3. The van der Waals surface area contributed by atoms with E-state index in [0.29, 0.717) is 0 Å². The predicted octanol–water partition coefficient (Wildman–Crippen LogP) is 0.113. The maximum atomic E-state index is 11.4. The largest absolute Gasteiger partial charge is 0.481 e. The fraction of sp³-hybridized carbons (Fsp3) is 0.714. The van der Waals surface area contributed by atoms with Crippen LogP contribution >= 0.6 is 12.2 Å². The van der Waals surface area contributed by atoms with Crippen LogP contribution in [0.4, 0.5) is 0 Å².